The summed E-state index contributed by atoms with van der Waals surface area (Å²) >= 11 is 0. The molecule has 2 heterocycles. The standard InChI is InChI=1S/C47H53NO8/c1-31(50)28-48-39-10-5-8-32(21-39)7-3-4-9-34-14-17-40(51)24-36(34)25-42-27-41(52)16-12-33-13-19-46(54-2)47(22-33)56-30-38-23-35-15-18-45(53)43(11-6-20-55-42)44(35)26-37(38)29-49/h5,8,10,13-15,17-19,21-24,26,31,34,36,42,48-51,53H,3-4,7,9,11-12,16,25,27-30H2,1-2H3. The monoisotopic (exact) mass is 759 g/mol. The highest BCUT2D eigenvalue weighted by Gasteiger charge is 2.27. The largest absolute Gasteiger partial charge is 0.508 e. The van der Waals surface area contributed by atoms with Crippen molar-refractivity contribution in [1.82, 2.24) is 0 Å². The van der Waals surface area contributed by atoms with Crippen LogP contribution >= 0.6 is 0 Å². The number of unbranched alkanes of at least 4 members (excludes halogenated alkanes) is 1. The second-order valence-corrected chi connectivity index (χ2v) is 15.0. The molecule has 1 aliphatic carbocycles. The third-order valence-corrected chi connectivity index (χ3v) is 10.7. The van der Waals surface area contributed by atoms with E-state index in [0.717, 1.165) is 53.3 Å². The molecule has 0 radical (unpaired) electrons. The number of hydrogen-bond acceptors (Lipinski definition) is 9. The number of carbonyl (C=O) groups is 1. The number of aryl methyl sites for hydroxylation is 2. The Morgan fingerprint density at radius 2 is 1.89 bits per heavy atom. The third kappa shape index (κ3) is 10.9. The van der Waals surface area contributed by atoms with Crippen molar-refractivity contribution in [3.05, 3.63) is 119 Å². The minimum Gasteiger partial charge on any atom is -0.508 e. The first-order chi connectivity index (χ1) is 27.2. The summed E-state index contributed by atoms with van der Waals surface area (Å²) in [7, 11) is 1.58. The maximum Gasteiger partial charge on any atom is 0.161 e. The number of Topliss-reactive ketones (excluding diaryl/α,β-unsaturated/α-hetero) is 1. The number of aromatic hydroxyl groups is 1. The SMILES string of the molecule is COc1ccc2cc1OCc1cc3ccc(O)c(c3cc1CO)CC#COC(CC1C=C(O)C=CC1CCCCc1cccc(NCC(C)O)c1)CC(=O)CC2. The molecule has 56 heavy (non-hydrogen) atoms. The van der Waals surface area contributed by atoms with Crippen LogP contribution in [0.5, 0.6) is 17.2 Å². The van der Waals surface area contributed by atoms with Gasteiger partial charge in [-0.3, -0.25) is 4.79 Å². The molecule has 9 nitrogen and oxygen atoms in total. The van der Waals surface area contributed by atoms with Crippen LogP contribution in [0.2, 0.25) is 0 Å². The van der Waals surface area contributed by atoms with Gasteiger partial charge in [-0.1, -0.05) is 42.7 Å². The van der Waals surface area contributed by atoms with Gasteiger partial charge in [-0.2, -0.15) is 0 Å². The van der Waals surface area contributed by atoms with E-state index < -0.39 is 12.2 Å². The molecular formula is C47H53NO8. The highest BCUT2D eigenvalue weighted by Crippen LogP contribution is 2.35. The molecule has 0 spiro atoms. The molecule has 9 heteroatoms. The number of rotatable bonds is 12. The van der Waals surface area contributed by atoms with E-state index in [4.69, 9.17) is 14.2 Å². The van der Waals surface area contributed by atoms with Crippen LogP contribution in [0.3, 0.4) is 0 Å². The molecule has 294 valence electrons. The van der Waals surface area contributed by atoms with Crippen LogP contribution in [0, 0.1) is 23.9 Å². The molecule has 0 amide bonds. The fraction of sp³-hybridized carbons (Fsp3) is 0.383. The fourth-order valence-electron chi connectivity index (χ4n) is 7.62. The summed E-state index contributed by atoms with van der Waals surface area (Å²) in [6.07, 6.45) is 13.1. The molecule has 0 saturated carbocycles. The molecular weight excluding hydrogens is 707 g/mol. The topological polar surface area (TPSA) is 138 Å². The zero-order valence-corrected chi connectivity index (χ0v) is 32.3. The first-order valence-electron chi connectivity index (χ1n) is 19.6. The number of fused-ring (bicyclic) bond motifs is 9. The van der Waals surface area contributed by atoms with Gasteiger partial charge in [0.2, 0.25) is 0 Å². The number of phenolic OH excluding ortho intramolecular Hbond substituents is 1. The Hall–Kier alpha value is -5.43. The Bertz CT molecular complexity index is 2110. The van der Waals surface area contributed by atoms with Gasteiger partial charge in [-0.25, -0.2) is 0 Å². The third-order valence-electron chi connectivity index (χ3n) is 10.7. The molecule has 2 aliphatic heterocycles. The fourth-order valence-corrected chi connectivity index (χ4v) is 7.62. The summed E-state index contributed by atoms with van der Waals surface area (Å²) < 4.78 is 18.0. The highest BCUT2D eigenvalue weighted by molar-refractivity contribution is 5.89. The van der Waals surface area contributed by atoms with Gasteiger partial charge < -0.3 is 40.0 Å². The average molecular weight is 760 g/mol. The molecule has 7 rings (SSSR count). The second kappa shape index (κ2) is 19.4. The number of allylic oxidation sites excluding steroid dienone is 3. The number of hydrogen-bond donors (Lipinski definition) is 5. The van der Waals surface area contributed by atoms with Crippen molar-refractivity contribution in [2.45, 2.75) is 90.1 Å². The minimum atomic E-state index is -0.517. The number of anilines is 1. The van der Waals surface area contributed by atoms with Crippen LogP contribution in [0.4, 0.5) is 5.69 Å². The quantitative estimate of drug-likeness (QED) is 0.0714. The lowest BCUT2D eigenvalue weighted by molar-refractivity contribution is -0.121. The van der Waals surface area contributed by atoms with E-state index in [1.165, 1.54) is 5.56 Å². The van der Waals surface area contributed by atoms with Gasteiger partial charge in [0.05, 0.1) is 19.8 Å². The van der Waals surface area contributed by atoms with E-state index in [9.17, 15) is 25.2 Å². The van der Waals surface area contributed by atoms with E-state index in [1.807, 2.05) is 54.6 Å². The highest BCUT2D eigenvalue weighted by atomic mass is 16.5. The summed E-state index contributed by atoms with van der Waals surface area (Å²) in [6, 6.07) is 21.3. The zero-order chi connectivity index (χ0) is 39.4. The maximum absolute atomic E-state index is 13.6. The number of aliphatic hydroxyl groups excluding tert-OH is 3. The van der Waals surface area contributed by atoms with E-state index in [0.29, 0.717) is 48.4 Å². The Labute approximate surface area is 329 Å². The second-order valence-electron chi connectivity index (χ2n) is 15.0. The molecule has 3 aliphatic rings. The summed E-state index contributed by atoms with van der Waals surface area (Å²) in [5.41, 5.74) is 5.26. The van der Waals surface area contributed by atoms with Crippen molar-refractivity contribution in [2.75, 3.05) is 19.0 Å². The number of ether oxygens (including phenoxy) is 3. The van der Waals surface area contributed by atoms with Crippen LogP contribution in [-0.2, 0) is 42.0 Å². The minimum absolute atomic E-state index is 0.0434. The zero-order valence-electron chi connectivity index (χ0n) is 32.3. The van der Waals surface area contributed by atoms with Gasteiger partial charge in [-0.05, 0) is 139 Å². The molecule has 4 aromatic carbocycles. The van der Waals surface area contributed by atoms with Crippen molar-refractivity contribution < 1.29 is 39.4 Å². The van der Waals surface area contributed by atoms with Crippen molar-refractivity contribution in [2.24, 2.45) is 11.8 Å². The lowest BCUT2D eigenvalue weighted by Crippen LogP contribution is -2.24. The molecule has 0 aromatic heterocycles. The van der Waals surface area contributed by atoms with Crippen molar-refractivity contribution >= 4 is 22.2 Å². The summed E-state index contributed by atoms with van der Waals surface area (Å²) in [5, 5.41) is 46.3. The predicted octanol–water partition coefficient (Wildman–Crippen LogP) is 8.26. The van der Waals surface area contributed by atoms with Gasteiger partial charge in [0.25, 0.3) is 0 Å². The number of ketones is 1. The van der Waals surface area contributed by atoms with Crippen LogP contribution in [-0.4, -0.2) is 52.1 Å². The number of carbonyl (C=O) groups excluding carboxylic acids is 1. The lowest BCUT2D eigenvalue weighted by atomic mass is 9.80. The molecule has 5 N–H and O–H groups in total. The molecule has 4 atom stereocenters. The number of nitrogens with one attached hydrogen (secondary N) is 1. The van der Waals surface area contributed by atoms with Gasteiger partial charge in [-0.15, -0.1) is 0 Å². The number of aliphatic hydroxyl groups is 3. The average Bonchev–Trinajstić information content (AvgIpc) is 3.19. The molecule has 6 bridgehead atoms. The number of benzene rings is 4. The van der Waals surface area contributed by atoms with Gasteiger partial charge in [0.15, 0.2) is 11.5 Å². The Morgan fingerprint density at radius 3 is 2.71 bits per heavy atom. The van der Waals surface area contributed by atoms with Crippen molar-refractivity contribution in [3.63, 3.8) is 0 Å². The van der Waals surface area contributed by atoms with Crippen LogP contribution < -0.4 is 14.8 Å². The van der Waals surface area contributed by atoms with Gasteiger partial charge in [0.1, 0.15) is 36.1 Å². The normalized spacial score (nSPS) is 19.1. The van der Waals surface area contributed by atoms with E-state index in [2.05, 4.69) is 35.6 Å². The first kappa shape index (κ1) is 40.2. The van der Waals surface area contributed by atoms with E-state index >= 15 is 0 Å². The Balaban J connectivity index is 1.20. The summed E-state index contributed by atoms with van der Waals surface area (Å²) in [4.78, 5) is 13.6. The van der Waals surface area contributed by atoms with Crippen molar-refractivity contribution in [3.8, 4) is 29.3 Å². The van der Waals surface area contributed by atoms with Crippen LogP contribution in [0.25, 0.3) is 10.8 Å². The first-order valence-corrected chi connectivity index (χ1v) is 19.6. The van der Waals surface area contributed by atoms with E-state index in [1.54, 1.807) is 26.2 Å². The van der Waals surface area contributed by atoms with Crippen molar-refractivity contribution in [1.29, 1.82) is 0 Å². The summed E-state index contributed by atoms with van der Waals surface area (Å²) in [6.45, 7) is 2.24. The smallest absolute Gasteiger partial charge is 0.161 e. The van der Waals surface area contributed by atoms with E-state index in [-0.39, 0.29) is 55.2 Å². The predicted molar refractivity (Wildman–Crippen MR) is 219 cm³/mol. The molecule has 4 aromatic rings. The Kier molecular flexibility index (Phi) is 14.0. The van der Waals surface area contributed by atoms with Crippen LogP contribution in [0.1, 0.15) is 73.3 Å². The molecule has 0 fully saturated rings. The lowest BCUT2D eigenvalue weighted by Gasteiger charge is -2.28. The van der Waals surface area contributed by atoms with Crippen LogP contribution in [0.15, 0.2) is 90.7 Å². The van der Waals surface area contributed by atoms with Gasteiger partial charge >= 0.3 is 0 Å². The number of phenols is 1. The maximum atomic E-state index is 13.6. The molecule has 4 unspecified atom stereocenters. The Morgan fingerprint density at radius 1 is 1.02 bits per heavy atom. The molecule has 0 saturated heterocycles. The van der Waals surface area contributed by atoms with Gasteiger partial charge in [0, 0.05) is 37.1 Å². The summed E-state index contributed by atoms with van der Waals surface area (Å²) in [5.74, 6) is 4.64. The number of methoxy groups -OCH3 is 1.